The summed E-state index contributed by atoms with van der Waals surface area (Å²) in [5, 5.41) is 0.216. The maximum absolute atomic E-state index is 13.1. The van der Waals surface area contributed by atoms with Crippen molar-refractivity contribution >= 4 is 16.9 Å². The van der Waals surface area contributed by atoms with Crippen molar-refractivity contribution in [3.63, 3.8) is 0 Å². The van der Waals surface area contributed by atoms with Gasteiger partial charge in [-0.3, -0.25) is 0 Å². The van der Waals surface area contributed by atoms with Crippen molar-refractivity contribution in [2.75, 3.05) is 7.11 Å². The second-order valence-corrected chi connectivity index (χ2v) is 4.17. The first-order chi connectivity index (χ1) is 9.40. The van der Waals surface area contributed by atoms with Crippen LogP contribution in [0.1, 0.15) is 15.9 Å². The van der Waals surface area contributed by atoms with Gasteiger partial charge >= 0.3 is 12.1 Å². The third-order valence-corrected chi connectivity index (χ3v) is 2.93. The van der Waals surface area contributed by atoms with Crippen LogP contribution in [0.5, 0.6) is 0 Å². The van der Waals surface area contributed by atoms with Crippen LogP contribution in [0.25, 0.3) is 10.9 Å². The normalized spacial score (nSPS) is 11.6. The zero-order valence-electron chi connectivity index (χ0n) is 10.7. The molecule has 0 atom stereocenters. The molecule has 0 fully saturated rings. The number of hydrogen-bond acceptors (Lipinski definition) is 2. The molecule has 1 aromatic heterocycles. The second kappa shape index (κ2) is 5.03. The molecule has 0 N–H and O–H groups in total. The molecule has 3 nitrogen and oxygen atoms in total. The van der Waals surface area contributed by atoms with Gasteiger partial charge in [0.15, 0.2) is 0 Å². The summed E-state index contributed by atoms with van der Waals surface area (Å²) in [4.78, 5) is 11.7. The van der Waals surface area contributed by atoms with Gasteiger partial charge in [-0.05, 0) is 6.07 Å². The molecule has 0 saturated carbocycles. The molecule has 0 aliphatic heterocycles. The van der Waals surface area contributed by atoms with E-state index in [2.05, 4.69) is 11.3 Å². The molecule has 1 heterocycles. The molecule has 0 spiro atoms. The summed E-state index contributed by atoms with van der Waals surface area (Å²) in [7, 11) is 1.19. The summed E-state index contributed by atoms with van der Waals surface area (Å²) in [6.45, 7) is 3.68. The third kappa shape index (κ3) is 2.29. The second-order valence-electron chi connectivity index (χ2n) is 4.17. The van der Waals surface area contributed by atoms with Gasteiger partial charge in [0.1, 0.15) is 0 Å². The van der Waals surface area contributed by atoms with E-state index in [0.717, 1.165) is 6.07 Å². The van der Waals surface area contributed by atoms with E-state index in [9.17, 15) is 18.0 Å². The van der Waals surface area contributed by atoms with E-state index < -0.39 is 17.7 Å². The summed E-state index contributed by atoms with van der Waals surface area (Å²) in [6, 6.07) is 3.73. The van der Waals surface area contributed by atoms with Crippen molar-refractivity contribution < 1.29 is 22.7 Å². The SMILES string of the molecule is C=CCn1cc(C(=O)OC)c2cccc(C(F)(F)F)c21. The highest BCUT2D eigenvalue weighted by atomic mass is 19.4. The molecule has 106 valence electrons. The minimum Gasteiger partial charge on any atom is -0.465 e. The molecule has 6 heteroatoms. The highest BCUT2D eigenvalue weighted by molar-refractivity contribution is 6.05. The molecule has 1 aromatic carbocycles. The molecule has 0 aliphatic rings. The largest absolute Gasteiger partial charge is 0.465 e. The van der Waals surface area contributed by atoms with Crippen molar-refractivity contribution in [2.24, 2.45) is 0 Å². The average Bonchev–Trinajstić information content (AvgIpc) is 2.76. The van der Waals surface area contributed by atoms with Gasteiger partial charge in [0.05, 0.1) is 23.8 Å². The van der Waals surface area contributed by atoms with E-state index >= 15 is 0 Å². The number of carbonyl (C=O) groups excluding carboxylic acids is 1. The standard InChI is InChI=1S/C14H12F3NO2/c1-3-7-18-8-10(13(19)20-2)9-5-4-6-11(12(9)18)14(15,16)17/h3-6,8H,1,7H2,2H3. The molecule has 2 rings (SSSR count). The lowest BCUT2D eigenvalue weighted by atomic mass is 10.1. The van der Waals surface area contributed by atoms with Gasteiger partial charge in [0.25, 0.3) is 0 Å². The van der Waals surface area contributed by atoms with Crippen molar-refractivity contribution in [1.29, 1.82) is 0 Å². The predicted octanol–water partition coefficient (Wildman–Crippen LogP) is 3.63. The smallest absolute Gasteiger partial charge is 0.418 e. The van der Waals surface area contributed by atoms with Crippen LogP contribution >= 0.6 is 0 Å². The highest BCUT2D eigenvalue weighted by Gasteiger charge is 2.34. The molecule has 20 heavy (non-hydrogen) atoms. The number of methoxy groups -OCH3 is 1. The number of esters is 1. The van der Waals surface area contributed by atoms with Crippen LogP contribution in [0.2, 0.25) is 0 Å². The predicted molar refractivity (Wildman–Crippen MR) is 68.5 cm³/mol. The monoisotopic (exact) mass is 283 g/mol. The summed E-state index contributed by atoms with van der Waals surface area (Å²) in [5.41, 5.74) is -0.720. The first-order valence-corrected chi connectivity index (χ1v) is 5.78. The minimum absolute atomic E-state index is 0.0414. The van der Waals surface area contributed by atoms with Gasteiger partial charge in [-0.1, -0.05) is 18.2 Å². The molecular formula is C14H12F3NO2. The quantitative estimate of drug-likeness (QED) is 0.636. The number of allylic oxidation sites excluding steroid dienone is 1. The van der Waals surface area contributed by atoms with Gasteiger partial charge in [0, 0.05) is 18.1 Å². The number of benzene rings is 1. The Bertz CT molecular complexity index is 671. The maximum Gasteiger partial charge on any atom is 0.418 e. The number of alkyl halides is 3. The Labute approximate surface area is 113 Å². The van der Waals surface area contributed by atoms with Crippen molar-refractivity contribution in [3.8, 4) is 0 Å². The number of carbonyl (C=O) groups is 1. The molecule has 2 aromatic rings. The fraction of sp³-hybridized carbons (Fsp3) is 0.214. The van der Waals surface area contributed by atoms with Crippen LogP contribution in [0.15, 0.2) is 37.1 Å². The average molecular weight is 283 g/mol. The number of para-hydroxylation sites is 1. The number of ether oxygens (including phenoxy) is 1. The molecule has 0 aliphatic carbocycles. The number of rotatable bonds is 3. The lowest BCUT2D eigenvalue weighted by Gasteiger charge is -2.11. The summed E-state index contributed by atoms with van der Waals surface area (Å²) < 4.78 is 45.2. The fourth-order valence-electron chi connectivity index (χ4n) is 2.14. The van der Waals surface area contributed by atoms with Gasteiger partial charge in [-0.25, -0.2) is 4.79 Å². The Hall–Kier alpha value is -2.24. The Morgan fingerprint density at radius 1 is 1.45 bits per heavy atom. The van der Waals surface area contributed by atoms with Gasteiger partial charge < -0.3 is 9.30 Å². The fourth-order valence-corrected chi connectivity index (χ4v) is 2.14. The number of aromatic nitrogens is 1. The van der Waals surface area contributed by atoms with Crippen molar-refractivity contribution in [1.82, 2.24) is 4.57 Å². The molecule has 0 saturated heterocycles. The zero-order valence-corrected chi connectivity index (χ0v) is 10.7. The Morgan fingerprint density at radius 3 is 2.70 bits per heavy atom. The Kier molecular flexibility index (Phi) is 3.57. The topological polar surface area (TPSA) is 31.2 Å². The minimum atomic E-state index is -4.50. The van der Waals surface area contributed by atoms with E-state index in [1.165, 1.54) is 36.1 Å². The van der Waals surface area contributed by atoms with Crippen LogP contribution in [0.4, 0.5) is 13.2 Å². The van der Waals surface area contributed by atoms with E-state index in [4.69, 9.17) is 0 Å². The lowest BCUT2D eigenvalue weighted by molar-refractivity contribution is -0.136. The molecule has 0 bridgehead atoms. The van der Waals surface area contributed by atoms with Gasteiger partial charge in [0.2, 0.25) is 0 Å². The van der Waals surface area contributed by atoms with Crippen LogP contribution in [0.3, 0.4) is 0 Å². The third-order valence-electron chi connectivity index (χ3n) is 2.93. The van der Waals surface area contributed by atoms with Crippen LogP contribution in [-0.2, 0) is 17.5 Å². The van der Waals surface area contributed by atoms with E-state index in [1.54, 1.807) is 0 Å². The first kappa shape index (κ1) is 14.2. The van der Waals surface area contributed by atoms with E-state index in [-0.39, 0.29) is 23.0 Å². The van der Waals surface area contributed by atoms with E-state index in [1.807, 2.05) is 0 Å². The lowest BCUT2D eigenvalue weighted by Crippen LogP contribution is -2.08. The Balaban J connectivity index is 2.82. The maximum atomic E-state index is 13.1. The molecule has 0 unspecified atom stereocenters. The van der Waals surface area contributed by atoms with Gasteiger partial charge in [-0.15, -0.1) is 6.58 Å². The number of hydrogen-bond donors (Lipinski definition) is 0. The zero-order chi connectivity index (χ0) is 14.9. The summed E-state index contributed by atoms with van der Waals surface area (Å²) in [6.07, 6.45) is -1.68. The first-order valence-electron chi connectivity index (χ1n) is 5.78. The number of fused-ring (bicyclic) bond motifs is 1. The van der Waals surface area contributed by atoms with Crippen LogP contribution in [-0.4, -0.2) is 17.6 Å². The van der Waals surface area contributed by atoms with Crippen LogP contribution < -0.4 is 0 Å². The van der Waals surface area contributed by atoms with Crippen molar-refractivity contribution in [2.45, 2.75) is 12.7 Å². The Morgan fingerprint density at radius 2 is 2.15 bits per heavy atom. The van der Waals surface area contributed by atoms with Crippen molar-refractivity contribution in [3.05, 3.63) is 48.2 Å². The van der Waals surface area contributed by atoms with Crippen LogP contribution in [0, 0.1) is 0 Å². The molecular weight excluding hydrogens is 271 g/mol. The molecule has 0 radical (unpaired) electrons. The van der Waals surface area contributed by atoms with E-state index in [0.29, 0.717) is 0 Å². The summed E-state index contributed by atoms with van der Waals surface area (Å²) >= 11 is 0. The van der Waals surface area contributed by atoms with Gasteiger partial charge in [-0.2, -0.15) is 13.2 Å². The number of nitrogens with zero attached hydrogens (tertiary/aromatic N) is 1. The number of halogens is 3. The molecule has 0 amide bonds. The highest BCUT2D eigenvalue weighted by Crippen LogP contribution is 2.36. The summed E-state index contributed by atoms with van der Waals surface area (Å²) in [5.74, 6) is -0.669.